The highest BCUT2D eigenvalue weighted by Crippen LogP contribution is 2.37. The molecule has 6 nitrogen and oxygen atoms in total. The van der Waals surface area contributed by atoms with Crippen LogP contribution in [-0.2, 0) is 0 Å². The van der Waals surface area contributed by atoms with Gasteiger partial charge in [0.25, 0.3) is 5.91 Å². The first-order chi connectivity index (χ1) is 12.0. The minimum atomic E-state index is 0.116. The molecule has 0 aromatic carbocycles. The second-order valence-corrected chi connectivity index (χ2v) is 7.94. The van der Waals surface area contributed by atoms with E-state index >= 15 is 0 Å². The summed E-state index contributed by atoms with van der Waals surface area (Å²) in [5.41, 5.74) is 2.80. The number of rotatable bonds is 2. The molecular formula is C19H27N5O. The number of amides is 1. The van der Waals surface area contributed by atoms with Crippen LogP contribution in [0.15, 0.2) is 12.3 Å². The molecule has 6 heteroatoms. The maximum absolute atomic E-state index is 13.1. The molecule has 0 bridgehead atoms. The minimum Gasteiger partial charge on any atom is -0.339 e. The second kappa shape index (κ2) is 6.09. The van der Waals surface area contributed by atoms with Crippen molar-refractivity contribution in [3.63, 3.8) is 0 Å². The van der Waals surface area contributed by atoms with Gasteiger partial charge in [0.05, 0.1) is 17.5 Å². The number of aromatic nitrogens is 3. The fraction of sp³-hybridized carbons (Fsp3) is 0.632. The second-order valence-electron chi connectivity index (χ2n) is 7.94. The number of carbonyl (C=O) groups excluding carboxylic acids is 1. The summed E-state index contributed by atoms with van der Waals surface area (Å²) in [6, 6.07) is 2.22. The SMILES string of the molecule is Cc1nc2c(cnn2C(C)C)cc1C(=O)N1CCC2(CCNC2)CC1. The molecule has 4 heterocycles. The molecule has 2 aromatic heterocycles. The summed E-state index contributed by atoms with van der Waals surface area (Å²) >= 11 is 0. The van der Waals surface area contributed by atoms with Gasteiger partial charge < -0.3 is 10.2 Å². The maximum atomic E-state index is 13.1. The van der Waals surface area contributed by atoms with Gasteiger partial charge in [-0.1, -0.05) is 0 Å². The van der Waals surface area contributed by atoms with Crippen LogP contribution >= 0.6 is 0 Å². The van der Waals surface area contributed by atoms with Gasteiger partial charge in [0.15, 0.2) is 5.65 Å². The van der Waals surface area contributed by atoms with E-state index in [1.165, 1.54) is 6.42 Å². The zero-order valence-corrected chi connectivity index (χ0v) is 15.4. The summed E-state index contributed by atoms with van der Waals surface area (Å²) in [7, 11) is 0. The molecule has 0 unspecified atom stereocenters. The van der Waals surface area contributed by atoms with Gasteiger partial charge in [0, 0.05) is 31.1 Å². The van der Waals surface area contributed by atoms with E-state index in [9.17, 15) is 4.79 Å². The van der Waals surface area contributed by atoms with Gasteiger partial charge in [0.1, 0.15) is 0 Å². The predicted octanol–water partition coefficient (Wildman–Crippen LogP) is 2.54. The number of nitrogens with one attached hydrogen (secondary N) is 1. The Morgan fingerprint density at radius 2 is 2.04 bits per heavy atom. The lowest BCUT2D eigenvalue weighted by atomic mass is 9.78. The molecule has 1 N–H and O–H groups in total. The van der Waals surface area contributed by atoms with E-state index in [0.717, 1.165) is 61.3 Å². The van der Waals surface area contributed by atoms with Crippen LogP contribution in [0.25, 0.3) is 11.0 Å². The summed E-state index contributed by atoms with van der Waals surface area (Å²) in [6.07, 6.45) is 5.27. The molecular weight excluding hydrogens is 314 g/mol. The number of fused-ring (bicyclic) bond motifs is 1. The van der Waals surface area contributed by atoms with Gasteiger partial charge in [-0.15, -0.1) is 0 Å². The average Bonchev–Trinajstić information content (AvgIpc) is 3.21. The number of nitrogens with zero attached hydrogens (tertiary/aromatic N) is 4. The van der Waals surface area contributed by atoms with Gasteiger partial charge in [0.2, 0.25) is 0 Å². The Bertz CT molecular complexity index is 793. The van der Waals surface area contributed by atoms with E-state index < -0.39 is 0 Å². The van der Waals surface area contributed by atoms with Crippen molar-refractivity contribution < 1.29 is 4.79 Å². The third-order valence-corrected chi connectivity index (χ3v) is 5.92. The minimum absolute atomic E-state index is 0.116. The third-order valence-electron chi connectivity index (χ3n) is 5.92. The number of hydrogen-bond donors (Lipinski definition) is 1. The third kappa shape index (κ3) is 2.82. The zero-order chi connectivity index (χ0) is 17.6. The lowest BCUT2D eigenvalue weighted by molar-refractivity contribution is 0.0606. The maximum Gasteiger partial charge on any atom is 0.255 e. The van der Waals surface area contributed by atoms with Gasteiger partial charge in [-0.3, -0.25) is 4.79 Å². The molecule has 2 fully saturated rings. The summed E-state index contributed by atoms with van der Waals surface area (Å²) in [6.45, 7) is 10.0. The van der Waals surface area contributed by atoms with E-state index in [-0.39, 0.29) is 11.9 Å². The van der Waals surface area contributed by atoms with E-state index in [1.54, 1.807) is 0 Å². The average molecular weight is 341 g/mol. The molecule has 0 saturated carbocycles. The summed E-state index contributed by atoms with van der Waals surface area (Å²) in [5, 5.41) is 8.84. The molecule has 2 aromatic rings. The van der Waals surface area contributed by atoms with Crippen molar-refractivity contribution in [3.8, 4) is 0 Å². The van der Waals surface area contributed by atoms with Crippen LogP contribution in [0, 0.1) is 12.3 Å². The molecule has 0 atom stereocenters. The van der Waals surface area contributed by atoms with Gasteiger partial charge in [-0.2, -0.15) is 5.10 Å². The Kier molecular flexibility index (Phi) is 4.02. The molecule has 2 saturated heterocycles. The predicted molar refractivity (Wildman–Crippen MR) is 97.7 cm³/mol. The molecule has 25 heavy (non-hydrogen) atoms. The van der Waals surface area contributed by atoms with Gasteiger partial charge in [-0.05, 0) is 58.1 Å². The van der Waals surface area contributed by atoms with E-state index in [0.29, 0.717) is 5.41 Å². The number of likely N-dealkylation sites (tertiary alicyclic amines) is 1. The quantitative estimate of drug-likeness (QED) is 0.912. The Balaban J connectivity index is 1.57. The Hall–Kier alpha value is -1.95. The van der Waals surface area contributed by atoms with Crippen molar-refractivity contribution in [1.82, 2.24) is 25.0 Å². The molecule has 4 rings (SSSR count). The monoisotopic (exact) mass is 341 g/mol. The lowest BCUT2D eigenvalue weighted by Gasteiger charge is -2.39. The molecule has 1 spiro atoms. The zero-order valence-electron chi connectivity index (χ0n) is 15.4. The molecule has 1 amide bonds. The van der Waals surface area contributed by atoms with Gasteiger partial charge in [-0.25, -0.2) is 9.67 Å². The standard InChI is InChI=1S/C19H27N5O/c1-13(2)24-17-15(11-21-24)10-16(14(3)22-17)18(25)23-8-5-19(6-9-23)4-7-20-12-19/h10-11,13,20H,4-9,12H2,1-3H3. The van der Waals surface area contributed by atoms with Crippen molar-refractivity contribution in [2.45, 2.75) is 46.1 Å². The van der Waals surface area contributed by atoms with Crippen LogP contribution in [0.5, 0.6) is 0 Å². The fourth-order valence-electron chi connectivity index (χ4n) is 4.24. The topological polar surface area (TPSA) is 63.1 Å². The van der Waals surface area contributed by atoms with E-state index in [2.05, 4.69) is 29.2 Å². The highest BCUT2D eigenvalue weighted by atomic mass is 16.2. The van der Waals surface area contributed by atoms with Crippen LogP contribution in [-0.4, -0.2) is 51.8 Å². The first kappa shape index (κ1) is 16.5. The largest absolute Gasteiger partial charge is 0.339 e. The molecule has 2 aliphatic heterocycles. The van der Waals surface area contributed by atoms with Crippen molar-refractivity contribution in [1.29, 1.82) is 0 Å². The normalized spacial score (nSPS) is 20.1. The van der Waals surface area contributed by atoms with Crippen molar-refractivity contribution in [2.75, 3.05) is 26.2 Å². The van der Waals surface area contributed by atoms with Crippen LogP contribution in [0.1, 0.15) is 55.2 Å². The molecule has 2 aliphatic rings. The number of carbonyl (C=O) groups is 1. The number of pyridine rings is 1. The Morgan fingerprint density at radius 3 is 2.68 bits per heavy atom. The molecule has 134 valence electrons. The van der Waals surface area contributed by atoms with E-state index in [1.807, 2.05) is 28.8 Å². The lowest BCUT2D eigenvalue weighted by Crippen LogP contribution is -2.44. The first-order valence-corrected chi connectivity index (χ1v) is 9.34. The van der Waals surface area contributed by atoms with Crippen molar-refractivity contribution >= 4 is 16.9 Å². The summed E-state index contributed by atoms with van der Waals surface area (Å²) < 4.78 is 1.91. The van der Waals surface area contributed by atoms with Crippen molar-refractivity contribution in [3.05, 3.63) is 23.5 Å². The van der Waals surface area contributed by atoms with Crippen LogP contribution in [0.4, 0.5) is 0 Å². The van der Waals surface area contributed by atoms with Crippen LogP contribution in [0.2, 0.25) is 0 Å². The fourth-order valence-corrected chi connectivity index (χ4v) is 4.24. The molecule has 0 radical (unpaired) electrons. The van der Waals surface area contributed by atoms with Crippen LogP contribution < -0.4 is 5.32 Å². The summed E-state index contributed by atoms with van der Waals surface area (Å²) in [5.74, 6) is 0.116. The Labute approximate surface area is 148 Å². The number of piperidine rings is 1. The highest BCUT2D eigenvalue weighted by Gasteiger charge is 2.38. The highest BCUT2D eigenvalue weighted by molar-refractivity contribution is 5.98. The van der Waals surface area contributed by atoms with Crippen LogP contribution in [0.3, 0.4) is 0 Å². The number of aryl methyl sites for hydroxylation is 1. The summed E-state index contributed by atoms with van der Waals surface area (Å²) in [4.78, 5) is 19.7. The van der Waals surface area contributed by atoms with Crippen molar-refractivity contribution in [2.24, 2.45) is 5.41 Å². The number of hydrogen-bond acceptors (Lipinski definition) is 4. The smallest absolute Gasteiger partial charge is 0.255 e. The first-order valence-electron chi connectivity index (χ1n) is 9.34. The van der Waals surface area contributed by atoms with E-state index in [4.69, 9.17) is 0 Å². The molecule has 0 aliphatic carbocycles. The Morgan fingerprint density at radius 1 is 1.28 bits per heavy atom. The van der Waals surface area contributed by atoms with Gasteiger partial charge >= 0.3 is 0 Å².